The number of aliphatic hydroxyl groups is 1. The molecule has 1 aromatic heterocycles. The van der Waals surface area contributed by atoms with Gasteiger partial charge in [0.2, 0.25) is 11.8 Å². The second-order valence-electron chi connectivity index (χ2n) is 7.20. The van der Waals surface area contributed by atoms with E-state index in [-0.39, 0.29) is 18.4 Å². The second-order valence-corrected chi connectivity index (χ2v) is 8.73. The average molecular weight is 444 g/mol. The Hall–Kier alpha value is -2.35. The third-order valence-electron chi connectivity index (χ3n) is 5.17. The van der Waals surface area contributed by atoms with Gasteiger partial charge in [-0.1, -0.05) is 53.7 Å². The Bertz CT molecular complexity index is 1050. The van der Waals surface area contributed by atoms with Gasteiger partial charge in [-0.2, -0.15) is 0 Å². The number of carbonyl (C=O) groups is 1. The van der Waals surface area contributed by atoms with Crippen LogP contribution in [0.3, 0.4) is 0 Å². The number of methoxy groups -OCH3 is 1. The molecule has 1 aliphatic rings. The van der Waals surface area contributed by atoms with Crippen molar-refractivity contribution in [1.82, 2.24) is 14.9 Å². The van der Waals surface area contributed by atoms with Crippen LogP contribution < -0.4 is 4.74 Å². The molecule has 2 heterocycles. The molecule has 30 heavy (non-hydrogen) atoms. The molecule has 0 saturated carbocycles. The van der Waals surface area contributed by atoms with Crippen LogP contribution in [0.4, 0.5) is 0 Å². The van der Waals surface area contributed by atoms with E-state index in [4.69, 9.17) is 21.3 Å². The lowest BCUT2D eigenvalue weighted by molar-refractivity contribution is -0.129. The molecular weight excluding hydrogens is 422 g/mol. The lowest BCUT2D eigenvalue weighted by atomic mass is 10.1. The number of rotatable bonds is 6. The zero-order valence-electron chi connectivity index (χ0n) is 16.5. The van der Waals surface area contributed by atoms with E-state index in [9.17, 15) is 9.90 Å². The van der Waals surface area contributed by atoms with Gasteiger partial charge in [0.25, 0.3) is 0 Å². The first-order valence-electron chi connectivity index (χ1n) is 9.71. The summed E-state index contributed by atoms with van der Waals surface area (Å²) in [5.74, 6) is 0.496. The van der Waals surface area contributed by atoms with Crippen LogP contribution in [0.25, 0.3) is 11.0 Å². The Morgan fingerprint density at radius 1 is 1.27 bits per heavy atom. The van der Waals surface area contributed by atoms with Crippen molar-refractivity contribution in [2.45, 2.75) is 16.7 Å². The monoisotopic (exact) mass is 443 g/mol. The maximum Gasteiger partial charge on any atom is 0.247 e. The summed E-state index contributed by atoms with van der Waals surface area (Å²) in [5, 5.41) is 10.1. The maximum atomic E-state index is 13.4. The SMILES string of the molecule is COc1nc2cc(Cl)ccc2nc1SC(C(=O)N1CC[C@H](CO)C1)c1ccccc1. The van der Waals surface area contributed by atoms with E-state index in [1.165, 1.54) is 18.9 Å². The van der Waals surface area contributed by atoms with Crippen molar-refractivity contribution >= 4 is 40.3 Å². The summed E-state index contributed by atoms with van der Waals surface area (Å²) < 4.78 is 5.47. The number of carbonyl (C=O) groups excluding carboxylic acids is 1. The minimum atomic E-state index is -0.489. The Morgan fingerprint density at radius 3 is 2.77 bits per heavy atom. The van der Waals surface area contributed by atoms with E-state index in [1.807, 2.05) is 35.2 Å². The number of amides is 1. The predicted octanol–water partition coefficient (Wildman–Crippen LogP) is 3.97. The summed E-state index contributed by atoms with van der Waals surface area (Å²) in [6.07, 6.45) is 0.814. The topological polar surface area (TPSA) is 75.6 Å². The average Bonchev–Trinajstić information content (AvgIpc) is 3.26. The molecule has 2 atom stereocenters. The van der Waals surface area contributed by atoms with Crippen LogP contribution in [0.5, 0.6) is 5.88 Å². The normalized spacial score (nSPS) is 17.3. The van der Waals surface area contributed by atoms with Gasteiger partial charge in [-0.3, -0.25) is 4.79 Å². The number of thioether (sulfide) groups is 1. The number of fused-ring (bicyclic) bond motifs is 1. The Balaban J connectivity index is 1.70. The molecule has 1 amide bonds. The van der Waals surface area contributed by atoms with Crippen LogP contribution in [0, 0.1) is 5.92 Å². The Morgan fingerprint density at radius 2 is 2.07 bits per heavy atom. The number of hydrogen-bond acceptors (Lipinski definition) is 6. The minimum absolute atomic E-state index is 0.00204. The summed E-state index contributed by atoms with van der Waals surface area (Å²) in [7, 11) is 1.54. The van der Waals surface area contributed by atoms with Gasteiger partial charge in [0.05, 0.1) is 18.1 Å². The van der Waals surface area contributed by atoms with Crippen molar-refractivity contribution in [3.63, 3.8) is 0 Å². The standard InChI is InChI=1S/C22H22ClN3O3S/c1-29-20-21(25-17-8-7-16(23)11-18(17)24-20)30-19(15-5-3-2-4-6-15)22(28)26-10-9-14(12-26)13-27/h2-8,11,14,19,27H,9-10,12-13H2,1H3/t14-,19?/m0/s1. The number of hydrogen-bond donors (Lipinski definition) is 1. The molecule has 0 aliphatic carbocycles. The molecule has 4 rings (SSSR count). The van der Waals surface area contributed by atoms with Crippen molar-refractivity contribution in [2.75, 3.05) is 26.8 Å². The third kappa shape index (κ3) is 4.38. The van der Waals surface area contributed by atoms with Crippen LogP contribution in [0.15, 0.2) is 53.6 Å². The molecule has 1 fully saturated rings. The van der Waals surface area contributed by atoms with Crippen molar-refractivity contribution in [3.8, 4) is 5.88 Å². The highest BCUT2D eigenvalue weighted by Gasteiger charge is 2.33. The largest absolute Gasteiger partial charge is 0.479 e. The second kappa shape index (κ2) is 9.20. The van der Waals surface area contributed by atoms with Gasteiger partial charge in [-0.05, 0) is 30.2 Å². The summed E-state index contributed by atoms with van der Waals surface area (Å²) in [5.41, 5.74) is 2.21. The zero-order valence-corrected chi connectivity index (χ0v) is 18.1. The highest BCUT2D eigenvalue weighted by atomic mass is 35.5. The van der Waals surface area contributed by atoms with E-state index in [0.29, 0.717) is 40.1 Å². The fraction of sp³-hybridized carbons (Fsp3) is 0.318. The molecule has 156 valence electrons. The first-order chi connectivity index (χ1) is 14.6. The van der Waals surface area contributed by atoms with Crippen LogP contribution in [-0.2, 0) is 4.79 Å². The predicted molar refractivity (Wildman–Crippen MR) is 118 cm³/mol. The molecule has 3 aromatic rings. The molecule has 1 saturated heterocycles. The Labute approximate surface area is 184 Å². The van der Waals surface area contributed by atoms with Gasteiger partial charge in [0, 0.05) is 30.6 Å². The maximum absolute atomic E-state index is 13.4. The molecule has 6 nitrogen and oxygen atoms in total. The number of halogens is 1. The number of likely N-dealkylation sites (tertiary alicyclic amines) is 1. The van der Waals surface area contributed by atoms with E-state index in [1.54, 1.807) is 18.2 Å². The summed E-state index contributed by atoms with van der Waals surface area (Å²) in [6, 6.07) is 14.9. The first-order valence-corrected chi connectivity index (χ1v) is 11.0. The first kappa shape index (κ1) is 20.9. The lowest BCUT2D eigenvalue weighted by Crippen LogP contribution is -2.32. The van der Waals surface area contributed by atoms with Crippen LogP contribution in [0.2, 0.25) is 5.02 Å². The molecule has 0 spiro atoms. The van der Waals surface area contributed by atoms with Crippen molar-refractivity contribution in [3.05, 3.63) is 59.1 Å². The molecular formula is C22H22ClN3O3S. The van der Waals surface area contributed by atoms with Crippen molar-refractivity contribution in [2.24, 2.45) is 5.92 Å². The highest BCUT2D eigenvalue weighted by molar-refractivity contribution is 8.00. The van der Waals surface area contributed by atoms with Gasteiger partial charge in [-0.15, -0.1) is 0 Å². The zero-order chi connectivity index (χ0) is 21.1. The van der Waals surface area contributed by atoms with E-state index >= 15 is 0 Å². The number of aromatic nitrogens is 2. The van der Waals surface area contributed by atoms with Crippen LogP contribution >= 0.6 is 23.4 Å². The third-order valence-corrected chi connectivity index (χ3v) is 6.60. The summed E-state index contributed by atoms with van der Waals surface area (Å²) in [6.45, 7) is 1.31. The van der Waals surface area contributed by atoms with Gasteiger partial charge >= 0.3 is 0 Å². The summed E-state index contributed by atoms with van der Waals surface area (Å²) in [4.78, 5) is 24.5. The van der Waals surface area contributed by atoms with Gasteiger partial charge in [0.15, 0.2) is 5.03 Å². The number of nitrogens with zero attached hydrogens (tertiary/aromatic N) is 3. The number of aliphatic hydroxyl groups excluding tert-OH is 1. The molecule has 1 unspecified atom stereocenters. The molecule has 1 aliphatic heterocycles. The van der Waals surface area contributed by atoms with Gasteiger partial charge in [-0.25, -0.2) is 9.97 Å². The molecule has 0 bridgehead atoms. The number of benzene rings is 2. The van der Waals surface area contributed by atoms with Crippen LogP contribution in [-0.4, -0.2) is 52.7 Å². The van der Waals surface area contributed by atoms with E-state index in [0.717, 1.165) is 12.0 Å². The lowest BCUT2D eigenvalue weighted by Gasteiger charge is -2.23. The number of ether oxygens (including phenoxy) is 1. The van der Waals surface area contributed by atoms with Crippen molar-refractivity contribution < 1.29 is 14.6 Å². The van der Waals surface area contributed by atoms with E-state index < -0.39 is 5.25 Å². The van der Waals surface area contributed by atoms with E-state index in [2.05, 4.69) is 4.98 Å². The molecule has 8 heteroatoms. The quantitative estimate of drug-likeness (QED) is 0.581. The Kier molecular flexibility index (Phi) is 6.41. The summed E-state index contributed by atoms with van der Waals surface area (Å²) >= 11 is 7.41. The molecule has 1 N–H and O–H groups in total. The minimum Gasteiger partial charge on any atom is -0.479 e. The molecule has 0 radical (unpaired) electrons. The smallest absolute Gasteiger partial charge is 0.247 e. The fourth-order valence-electron chi connectivity index (χ4n) is 3.55. The van der Waals surface area contributed by atoms with Crippen LogP contribution in [0.1, 0.15) is 17.2 Å². The highest BCUT2D eigenvalue weighted by Crippen LogP contribution is 2.41. The van der Waals surface area contributed by atoms with Gasteiger partial charge < -0.3 is 14.7 Å². The van der Waals surface area contributed by atoms with Crippen molar-refractivity contribution in [1.29, 1.82) is 0 Å². The fourth-order valence-corrected chi connectivity index (χ4v) is 4.87. The molecule has 2 aromatic carbocycles. The van der Waals surface area contributed by atoms with Gasteiger partial charge in [0.1, 0.15) is 5.25 Å².